The number of fused-ring (bicyclic) bond motifs is 2. The first kappa shape index (κ1) is 43.9. The van der Waals surface area contributed by atoms with Crippen LogP contribution in [0.25, 0.3) is 10.1 Å². The Morgan fingerprint density at radius 1 is 0.929 bits per heavy atom. The minimum atomic E-state index is -0.678. The highest BCUT2D eigenvalue weighted by Gasteiger charge is 2.30. The van der Waals surface area contributed by atoms with E-state index in [2.05, 4.69) is 5.32 Å². The highest BCUT2D eigenvalue weighted by atomic mass is 35.5. The van der Waals surface area contributed by atoms with Crippen LogP contribution in [-0.4, -0.2) is 86.9 Å². The van der Waals surface area contributed by atoms with E-state index in [9.17, 15) is 24.0 Å². The van der Waals surface area contributed by atoms with E-state index in [1.807, 2.05) is 0 Å². The average molecular weight is 823 g/mol. The summed E-state index contributed by atoms with van der Waals surface area (Å²) in [5, 5.41) is 3.02. The number of nitrogens with one attached hydrogen (secondary N) is 1. The predicted octanol–water partition coefficient (Wildman–Crippen LogP) is 7.16. The number of thiophene rings is 1. The topological polar surface area (TPSA) is 165 Å². The van der Waals surface area contributed by atoms with Crippen LogP contribution in [0.15, 0.2) is 18.2 Å². The van der Waals surface area contributed by atoms with Crippen molar-refractivity contribution in [1.82, 2.24) is 10.2 Å². The van der Waals surface area contributed by atoms with Gasteiger partial charge in [0, 0.05) is 48.5 Å². The number of esters is 2. The minimum absolute atomic E-state index is 0.0445. The number of ether oxygens (including phenoxy) is 7. The second kappa shape index (κ2) is 19.9. The van der Waals surface area contributed by atoms with Gasteiger partial charge in [-0.25, -0.2) is 9.18 Å². The van der Waals surface area contributed by atoms with Gasteiger partial charge in [-0.05, 0) is 57.9 Å². The number of carbonyl (C=O) groups is 5. The van der Waals surface area contributed by atoms with Crippen molar-refractivity contribution < 1.29 is 61.5 Å². The van der Waals surface area contributed by atoms with Gasteiger partial charge in [0.25, 0.3) is 0 Å². The zero-order valence-corrected chi connectivity index (χ0v) is 34.2. The Labute approximate surface area is 333 Å². The van der Waals surface area contributed by atoms with E-state index in [-0.39, 0.29) is 104 Å². The lowest BCUT2D eigenvalue weighted by Gasteiger charge is -2.21. The van der Waals surface area contributed by atoms with E-state index in [0.29, 0.717) is 27.3 Å². The third kappa shape index (κ3) is 11.8. The van der Waals surface area contributed by atoms with Crippen molar-refractivity contribution in [3.8, 4) is 23.0 Å². The normalized spacial score (nSPS) is 12.8. The fourth-order valence-corrected chi connectivity index (χ4v) is 7.04. The second-order valence-corrected chi connectivity index (χ2v) is 15.3. The highest BCUT2D eigenvalue weighted by molar-refractivity contribution is 7.20. The summed E-state index contributed by atoms with van der Waals surface area (Å²) in [5.74, 6) is -1.61. The number of methoxy groups -OCH3 is 2. The van der Waals surface area contributed by atoms with Crippen LogP contribution in [0.5, 0.6) is 23.0 Å². The molecule has 0 unspecified atom stereocenters. The van der Waals surface area contributed by atoms with Crippen molar-refractivity contribution in [3.63, 3.8) is 0 Å². The molecule has 306 valence electrons. The molecule has 1 atom stereocenters. The maximum atomic E-state index is 15.7. The van der Waals surface area contributed by atoms with E-state index in [0.717, 1.165) is 16.9 Å². The van der Waals surface area contributed by atoms with Crippen molar-refractivity contribution in [1.29, 1.82) is 0 Å². The minimum Gasteiger partial charge on any atom is -0.493 e. The summed E-state index contributed by atoms with van der Waals surface area (Å²) in [5.41, 5.74) is 0.801. The zero-order chi connectivity index (χ0) is 41.2. The first-order chi connectivity index (χ1) is 26.5. The number of amides is 2. The molecular weight excluding hydrogens is 775 g/mol. The summed E-state index contributed by atoms with van der Waals surface area (Å²) in [6.07, 6.45) is -1.29. The molecule has 17 heteroatoms. The quantitative estimate of drug-likeness (QED) is 0.0562. The van der Waals surface area contributed by atoms with E-state index < -0.39 is 35.6 Å². The summed E-state index contributed by atoms with van der Waals surface area (Å²) in [6.45, 7) is 9.42. The molecule has 3 aromatic rings. The molecule has 1 aliphatic heterocycles. The van der Waals surface area contributed by atoms with Gasteiger partial charge >= 0.3 is 18.0 Å². The molecule has 0 spiro atoms. The average Bonchev–Trinajstić information content (AvgIpc) is 3.78. The number of benzene rings is 2. The van der Waals surface area contributed by atoms with E-state index >= 15 is 4.39 Å². The number of rotatable bonds is 19. The van der Waals surface area contributed by atoms with E-state index in [1.165, 1.54) is 20.3 Å². The van der Waals surface area contributed by atoms with Gasteiger partial charge in [0.15, 0.2) is 34.6 Å². The molecule has 0 bridgehead atoms. The molecule has 14 nitrogen and oxygen atoms in total. The summed E-state index contributed by atoms with van der Waals surface area (Å²) in [7, 11) is 2.86. The molecule has 2 aromatic carbocycles. The van der Waals surface area contributed by atoms with Crippen molar-refractivity contribution in [2.24, 2.45) is 0 Å². The van der Waals surface area contributed by atoms with Gasteiger partial charge < -0.3 is 43.4 Å². The largest absolute Gasteiger partial charge is 0.493 e. The molecule has 1 aromatic heterocycles. The number of Topliss-reactive ketones (excluding diaryl/α,β-unsaturated/α-hetero) is 1. The molecule has 1 N–H and O–H groups in total. The lowest BCUT2D eigenvalue weighted by Crippen LogP contribution is -2.37. The smallest absolute Gasteiger partial charge is 0.407 e. The molecular formula is C39H48ClFN2O12S. The second-order valence-electron chi connectivity index (χ2n) is 13.8. The van der Waals surface area contributed by atoms with Crippen LogP contribution < -0.4 is 24.3 Å². The van der Waals surface area contributed by atoms with Crippen molar-refractivity contribution in [2.75, 3.05) is 40.6 Å². The van der Waals surface area contributed by atoms with Crippen LogP contribution in [-0.2, 0) is 41.7 Å². The number of alkyl carbamates (subject to hydrolysis) is 1. The van der Waals surface area contributed by atoms with Crippen molar-refractivity contribution in [2.45, 2.75) is 91.5 Å². The number of nitrogens with zero attached hydrogens (tertiary/aromatic N) is 1. The number of hydrogen-bond donors (Lipinski definition) is 1. The van der Waals surface area contributed by atoms with Gasteiger partial charge in [-0.3, -0.25) is 19.2 Å². The molecule has 0 fully saturated rings. The fourth-order valence-electron chi connectivity index (χ4n) is 5.66. The van der Waals surface area contributed by atoms with Crippen LogP contribution in [0.2, 0.25) is 5.02 Å². The van der Waals surface area contributed by atoms with Crippen LogP contribution in [0.1, 0.15) is 87.5 Å². The van der Waals surface area contributed by atoms with Crippen LogP contribution >= 0.6 is 22.9 Å². The van der Waals surface area contributed by atoms with Gasteiger partial charge in [0.2, 0.25) is 5.91 Å². The summed E-state index contributed by atoms with van der Waals surface area (Å²) in [6, 6.07) is 4.79. The Hall–Kier alpha value is -4.83. The van der Waals surface area contributed by atoms with Crippen molar-refractivity contribution >= 4 is 62.7 Å². The number of halogens is 2. The van der Waals surface area contributed by atoms with Crippen LogP contribution in [0.4, 0.5) is 9.18 Å². The first-order valence-electron chi connectivity index (χ1n) is 18.1. The molecule has 2 heterocycles. The molecule has 4 rings (SSSR count). The van der Waals surface area contributed by atoms with Gasteiger partial charge in [-0.2, -0.15) is 0 Å². The third-order valence-electron chi connectivity index (χ3n) is 8.29. The zero-order valence-electron chi connectivity index (χ0n) is 32.6. The molecule has 0 aliphatic carbocycles. The van der Waals surface area contributed by atoms with Gasteiger partial charge in [0.1, 0.15) is 11.7 Å². The molecule has 2 amide bonds. The molecule has 1 aliphatic rings. The molecule has 0 saturated carbocycles. The van der Waals surface area contributed by atoms with E-state index in [1.54, 1.807) is 51.7 Å². The number of carbonyl (C=O) groups excluding carboxylic acids is 5. The monoisotopic (exact) mass is 822 g/mol. The summed E-state index contributed by atoms with van der Waals surface area (Å²) < 4.78 is 54.3. The Balaban J connectivity index is 1.28. The van der Waals surface area contributed by atoms with Gasteiger partial charge in [0.05, 0.1) is 63.3 Å². The maximum Gasteiger partial charge on any atom is 0.407 e. The number of ketones is 1. The molecule has 56 heavy (non-hydrogen) atoms. The Kier molecular flexibility index (Phi) is 15.6. The Morgan fingerprint density at radius 3 is 2.25 bits per heavy atom. The molecule has 0 radical (unpaired) electrons. The van der Waals surface area contributed by atoms with Gasteiger partial charge in [-0.15, -0.1) is 11.3 Å². The number of hydrogen-bond acceptors (Lipinski definition) is 13. The summed E-state index contributed by atoms with van der Waals surface area (Å²) in [4.78, 5) is 63.6. The van der Waals surface area contributed by atoms with Crippen LogP contribution in [0, 0.1) is 5.82 Å². The standard InChI is InChI=1S/C39H48ClFN2O12S/c1-8-51-32(46)12-10-26(44)30-17-24-29(56-30)18-28(50-7)37(35(24)41)53-15-9-14-52-36-27(49-6)16-23-20-43(21-25(23)34(36)40)31(45)11-13-33(47)54-22(2)19-42-38(48)55-39(3,4)5/h16-18,22H,8-15,19-21H2,1-7H3,(H,42,48)/t22-/m0/s1. The van der Waals surface area contributed by atoms with Crippen molar-refractivity contribution in [3.05, 3.63) is 45.0 Å². The molecule has 0 saturated heterocycles. The van der Waals surface area contributed by atoms with E-state index in [4.69, 9.17) is 44.8 Å². The van der Waals surface area contributed by atoms with Gasteiger partial charge in [-0.1, -0.05) is 11.6 Å². The lowest BCUT2D eigenvalue weighted by molar-refractivity contribution is -0.150. The highest BCUT2D eigenvalue weighted by Crippen LogP contribution is 2.44. The SMILES string of the molecule is CCOC(=O)CCC(=O)c1cc2c(F)c(OCCCOc3c(OC)cc4c(c3Cl)CN(C(=O)CCC(=O)O[C@@H](C)CNC(=O)OC(C)(C)C)C4)c(OC)cc2s1. The lowest BCUT2D eigenvalue weighted by atomic mass is 10.1. The predicted molar refractivity (Wildman–Crippen MR) is 205 cm³/mol. The summed E-state index contributed by atoms with van der Waals surface area (Å²) >= 11 is 7.88. The fraction of sp³-hybridized carbons (Fsp3) is 0.513. The Morgan fingerprint density at radius 2 is 1.59 bits per heavy atom. The maximum absolute atomic E-state index is 15.7. The Bertz CT molecular complexity index is 1930. The first-order valence-corrected chi connectivity index (χ1v) is 19.3. The third-order valence-corrected chi connectivity index (χ3v) is 9.82. The van der Waals surface area contributed by atoms with Crippen LogP contribution in [0.3, 0.4) is 0 Å².